The first-order chi connectivity index (χ1) is 8.22. The molecule has 1 amide bonds. The lowest BCUT2D eigenvalue weighted by atomic mass is 10.2. The molecule has 1 aromatic heterocycles. The molecule has 5 nitrogen and oxygen atoms in total. The summed E-state index contributed by atoms with van der Waals surface area (Å²) < 4.78 is 4.97. The summed E-state index contributed by atoms with van der Waals surface area (Å²) in [5, 5.41) is 11.5. The Morgan fingerprint density at radius 2 is 2.24 bits per heavy atom. The van der Waals surface area contributed by atoms with Crippen LogP contribution in [0.5, 0.6) is 5.75 Å². The summed E-state index contributed by atoms with van der Waals surface area (Å²) >= 11 is 0. The third-order valence-corrected chi connectivity index (χ3v) is 2.21. The summed E-state index contributed by atoms with van der Waals surface area (Å²) in [6.07, 6.45) is 5.01. The van der Waals surface area contributed by atoms with Gasteiger partial charge in [-0.2, -0.15) is 0 Å². The fourth-order valence-corrected chi connectivity index (χ4v) is 1.29. The number of hydrogen-bond donors (Lipinski definition) is 2. The number of ether oxygens (including phenoxy) is 1. The van der Waals surface area contributed by atoms with Crippen LogP contribution in [0.25, 0.3) is 0 Å². The number of pyridine rings is 1. The van der Waals surface area contributed by atoms with Crippen LogP contribution >= 0.6 is 0 Å². The maximum Gasteiger partial charge on any atom is 0.412 e. The lowest BCUT2D eigenvalue weighted by Crippen LogP contribution is -2.15. The average molecular weight is 238 g/mol. The van der Waals surface area contributed by atoms with Crippen LogP contribution < -0.4 is 5.32 Å². The highest BCUT2D eigenvalue weighted by Gasteiger charge is 2.03. The monoisotopic (exact) mass is 238 g/mol. The quantitative estimate of drug-likeness (QED) is 0.747. The molecular weight excluding hydrogens is 220 g/mol. The van der Waals surface area contributed by atoms with E-state index in [4.69, 9.17) is 9.84 Å². The Kier molecular flexibility index (Phi) is 5.85. The normalized spacial score (nSPS) is 9.94. The number of rotatable bonds is 6. The number of hydrogen-bond acceptors (Lipinski definition) is 4. The minimum atomic E-state index is -0.514. The molecule has 1 heterocycles. The smallest absolute Gasteiger partial charge is 0.412 e. The van der Waals surface area contributed by atoms with Gasteiger partial charge in [0, 0.05) is 0 Å². The number of nitrogens with zero attached hydrogens (tertiary/aromatic N) is 1. The lowest BCUT2D eigenvalue weighted by molar-refractivity contribution is 0.159. The summed E-state index contributed by atoms with van der Waals surface area (Å²) in [6, 6.07) is 2.96. The Hall–Kier alpha value is -1.78. The highest BCUT2D eigenvalue weighted by Crippen LogP contribution is 2.09. The molecule has 0 aliphatic carbocycles. The molecule has 0 aromatic carbocycles. The number of carbonyl (C=O) groups excluding carboxylic acids is 1. The van der Waals surface area contributed by atoms with Crippen molar-refractivity contribution in [2.45, 2.75) is 32.6 Å². The van der Waals surface area contributed by atoms with E-state index in [1.165, 1.54) is 18.3 Å². The van der Waals surface area contributed by atoms with Crippen LogP contribution in [0.2, 0.25) is 0 Å². The predicted molar refractivity (Wildman–Crippen MR) is 65.0 cm³/mol. The maximum absolute atomic E-state index is 11.3. The third-order valence-electron chi connectivity index (χ3n) is 2.21. The van der Waals surface area contributed by atoms with Crippen molar-refractivity contribution in [3.8, 4) is 5.75 Å². The van der Waals surface area contributed by atoms with Crippen molar-refractivity contribution in [3.63, 3.8) is 0 Å². The van der Waals surface area contributed by atoms with Gasteiger partial charge < -0.3 is 9.84 Å². The van der Waals surface area contributed by atoms with Gasteiger partial charge in [-0.05, 0) is 18.6 Å². The van der Waals surface area contributed by atoms with Crippen LogP contribution in [-0.2, 0) is 4.74 Å². The molecule has 0 saturated carbocycles. The Bertz CT molecular complexity index is 338. The molecule has 2 N–H and O–H groups in total. The van der Waals surface area contributed by atoms with E-state index in [9.17, 15) is 4.79 Å². The first-order valence-electron chi connectivity index (χ1n) is 5.81. The van der Waals surface area contributed by atoms with Crippen molar-refractivity contribution in [1.29, 1.82) is 0 Å². The van der Waals surface area contributed by atoms with Crippen molar-refractivity contribution in [2.24, 2.45) is 0 Å². The fraction of sp³-hybridized carbons (Fsp3) is 0.500. The molecule has 1 rings (SSSR count). The lowest BCUT2D eigenvalue weighted by Gasteiger charge is -2.06. The summed E-state index contributed by atoms with van der Waals surface area (Å²) in [4.78, 5) is 15.1. The van der Waals surface area contributed by atoms with Gasteiger partial charge in [-0.25, -0.2) is 9.78 Å². The van der Waals surface area contributed by atoms with E-state index in [-0.39, 0.29) is 5.75 Å². The number of aromatic hydroxyl groups is 1. The first kappa shape index (κ1) is 13.3. The second kappa shape index (κ2) is 7.49. The SMILES string of the molecule is CCCCCCOC(=O)Nc1ccc(O)cn1. The molecule has 1 aromatic rings. The molecule has 5 heteroatoms. The highest BCUT2D eigenvalue weighted by atomic mass is 16.5. The minimum absolute atomic E-state index is 0.0588. The van der Waals surface area contributed by atoms with Gasteiger partial charge in [-0.3, -0.25) is 5.32 Å². The van der Waals surface area contributed by atoms with Gasteiger partial charge in [-0.1, -0.05) is 26.2 Å². The highest BCUT2D eigenvalue weighted by molar-refractivity contribution is 5.83. The van der Waals surface area contributed by atoms with Crippen LogP contribution in [0.1, 0.15) is 32.6 Å². The van der Waals surface area contributed by atoms with Crippen LogP contribution in [0.3, 0.4) is 0 Å². The van der Waals surface area contributed by atoms with E-state index < -0.39 is 6.09 Å². The molecular formula is C12H18N2O3. The molecule has 0 bridgehead atoms. The van der Waals surface area contributed by atoms with E-state index in [1.807, 2.05) is 0 Å². The molecule has 0 fully saturated rings. The molecule has 94 valence electrons. The van der Waals surface area contributed by atoms with Gasteiger partial charge in [0.05, 0.1) is 12.8 Å². The van der Waals surface area contributed by atoms with Gasteiger partial charge in [-0.15, -0.1) is 0 Å². The van der Waals surface area contributed by atoms with Crippen molar-refractivity contribution >= 4 is 11.9 Å². The molecule has 0 spiro atoms. The number of aromatic nitrogens is 1. The van der Waals surface area contributed by atoms with Crippen molar-refractivity contribution < 1.29 is 14.6 Å². The van der Waals surface area contributed by atoms with Gasteiger partial charge >= 0.3 is 6.09 Å². The number of nitrogens with one attached hydrogen (secondary N) is 1. The van der Waals surface area contributed by atoms with Crippen molar-refractivity contribution in [3.05, 3.63) is 18.3 Å². The molecule has 0 unspecified atom stereocenters. The Morgan fingerprint density at radius 1 is 1.41 bits per heavy atom. The van der Waals surface area contributed by atoms with Crippen LogP contribution in [0, 0.1) is 0 Å². The zero-order chi connectivity index (χ0) is 12.5. The van der Waals surface area contributed by atoms with Gasteiger partial charge in [0.25, 0.3) is 0 Å². The van der Waals surface area contributed by atoms with Gasteiger partial charge in [0.15, 0.2) is 0 Å². The van der Waals surface area contributed by atoms with E-state index in [0.717, 1.165) is 25.7 Å². The van der Waals surface area contributed by atoms with Crippen molar-refractivity contribution in [1.82, 2.24) is 4.98 Å². The van der Waals surface area contributed by atoms with E-state index in [2.05, 4.69) is 17.2 Å². The average Bonchev–Trinajstić information content (AvgIpc) is 2.32. The summed E-state index contributed by atoms with van der Waals surface area (Å²) in [5.74, 6) is 0.421. The number of amides is 1. The molecule has 0 aliphatic heterocycles. The zero-order valence-corrected chi connectivity index (χ0v) is 9.98. The van der Waals surface area contributed by atoms with Gasteiger partial charge in [0.1, 0.15) is 11.6 Å². The largest absolute Gasteiger partial charge is 0.506 e. The molecule has 0 atom stereocenters. The minimum Gasteiger partial charge on any atom is -0.506 e. The fourth-order valence-electron chi connectivity index (χ4n) is 1.29. The number of carbonyl (C=O) groups is 1. The molecule has 0 saturated heterocycles. The maximum atomic E-state index is 11.3. The van der Waals surface area contributed by atoms with E-state index >= 15 is 0 Å². The Balaban J connectivity index is 2.18. The Morgan fingerprint density at radius 3 is 2.88 bits per heavy atom. The number of unbranched alkanes of at least 4 members (excludes halogenated alkanes) is 3. The first-order valence-corrected chi connectivity index (χ1v) is 5.81. The standard InChI is InChI=1S/C12H18N2O3/c1-2-3-4-5-8-17-12(16)14-11-7-6-10(15)9-13-11/h6-7,9,15H,2-5,8H2,1H3,(H,13,14,16). The summed E-state index contributed by atoms with van der Waals surface area (Å²) in [6.45, 7) is 2.55. The van der Waals surface area contributed by atoms with E-state index in [1.54, 1.807) is 0 Å². The second-order valence-electron chi connectivity index (χ2n) is 3.72. The molecule has 17 heavy (non-hydrogen) atoms. The summed E-state index contributed by atoms with van der Waals surface area (Å²) in [7, 11) is 0. The summed E-state index contributed by atoms with van der Waals surface area (Å²) in [5.41, 5.74) is 0. The second-order valence-corrected chi connectivity index (χ2v) is 3.72. The molecule has 0 aliphatic rings. The van der Waals surface area contributed by atoms with Crippen LogP contribution in [0.15, 0.2) is 18.3 Å². The van der Waals surface area contributed by atoms with E-state index in [0.29, 0.717) is 12.4 Å². The van der Waals surface area contributed by atoms with Crippen molar-refractivity contribution in [2.75, 3.05) is 11.9 Å². The van der Waals surface area contributed by atoms with Gasteiger partial charge in [0.2, 0.25) is 0 Å². The Labute approximate surface area is 101 Å². The zero-order valence-electron chi connectivity index (χ0n) is 9.98. The van der Waals surface area contributed by atoms with Crippen LogP contribution in [-0.4, -0.2) is 22.8 Å². The third kappa shape index (κ3) is 5.75. The number of anilines is 1. The van der Waals surface area contributed by atoms with Crippen LogP contribution in [0.4, 0.5) is 10.6 Å². The topological polar surface area (TPSA) is 71.5 Å². The predicted octanol–water partition coefficient (Wildman–Crippen LogP) is 2.92. The molecule has 0 radical (unpaired) electrons.